The van der Waals surface area contributed by atoms with E-state index in [0.29, 0.717) is 11.5 Å². The Hall–Kier alpha value is -0.0400. The summed E-state index contributed by atoms with van der Waals surface area (Å²) in [5.74, 6) is 4.98. The molecule has 5 fully saturated rings. The molecule has 1 nitrogen and oxygen atoms in total. The summed E-state index contributed by atoms with van der Waals surface area (Å²) in [6.07, 6.45) is 14.8. The second-order valence-electron chi connectivity index (χ2n) is 8.83. The molecule has 108 valence electrons. The standard InChI is InChI=1S/C18H31N/c1-12-2-4-16(5-3-12)17(19)18-9-13-6-14(10-18)8-15(7-13)11-18/h12-17H,2-11,19H2,1H3. The molecule has 0 spiro atoms. The third-order valence-electron chi connectivity index (χ3n) is 7.36. The van der Waals surface area contributed by atoms with E-state index in [1.165, 1.54) is 44.9 Å². The van der Waals surface area contributed by atoms with Gasteiger partial charge in [0.2, 0.25) is 0 Å². The predicted molar refractivity (Wildman–Crippen MR) is 79.7 cm³/mol. The highest BCUT2D eigenvalue weighted by atomic mass is 14.8. The van der Waals surface area contributed by atoms with Crippen LogP contribution in [0.1, 0.15) is 71.1 Å². The van der Waals surface area contributed by atoms with Gasteiger partial charge >= 0.3 is 0 Å². The van der Waals surface area contributed by atoms with Crippen molar-refractivity contribution in [2.24, 2.45) is 40.7 Å². The van der Waals surface area contributed by atoms with Crippen LogP contribution in [0.4, 0.5) is 0 Å². The van der Waals surface area contributed by atoms with Gasteiger partial charge in [-0.1, -0.05) is 19.8 Å². The maximum atomic E-state index is 6.89. The van der Waals surface area contributed by atoms with Crippen molar-refractivity contribution in [1.29, 1.82) is 0 Å². The van der Waals surface area contributed by atoms with E-state index in [9.17, 15) is 0 Å². The Labute approximate surface area is 118 Å². The normalized spacial score (nSPS) is 54.3. The van der Waals surface area contributed by atoms with Crippen LogP contribution < -0.4 is 5.73 Å². The van der Waals surface area contributed by atoms with Crippen molar-refractivity contribution in [3.63, 3.8) is 0 Å². The summed E-state index contributed by atoms with van der Waals surface area (Å²) < 4.78 is 0. The zero-order chi connectivity index (χ0) is 13.0. The first-order valence-corrected chi connectivity index (χ1v) is 8.90. The lowest BCUT2D eigenvalue weighted by Crippen LogP contribution is -2.57. The molecule has 0 aromatic heterocycles. The summed E-state index contributed by atoms with van der Waals surface area (Å²) in [4.78, 5) is 0. The van der Waals surface area contributed by atoms with Gasteiger partial charge in [-0.3, -0.25) is 0 Å². The van der Waals surface area contributed by atoms with Gasteiger partial charge in [0.25, 0.3) is 0 Å². The molecule has 4 bridgehead atoms. The second-order valence-corrected chi connectivity index (χ2v) is 8.83. The molecule has 0 heterocycles. The number of hydrogen-bond donors (Lipinski definition) is 1. The molecule has 1 heteroatoms. The Kier molecular flexibility index (Phi) is 2.99. The summed E-state index contributed by atoms with van der Waals surface area (Å²) in [6, 6.07) is 0.536. The van der Waals surface area contributed by atoms with Crippen LogP contribution in [0.5, 0.6) is 0 Å². The van der Waals surface area contributed by atoms with Crippen LogP contribution in [0.2, 0.25) is 0 Å². The van der Waals surface area contributed by atoms with E-state index in [1.807, 2.05) is 0 Å². The first kappa shape index (κ1) is 12.7. The van der Waals surface area contributed by atoms with Crippen molar-refractivity contribution in [2.45, 2.75) is 77.2 Å². The summed E-state index contributed by atoms with van der Waals surface area (Å²) in [5.41, 5.74) is 7.48. The van der Waals surface area contributed by atoms with Crippen molar-refractivity contribution in [1.82, 2.24) is 0 Å². The minimum Gasteiger partial charge on any atom is -0.327 e. The zero-order valence-electron chi connectivity index (χ0n) is 12.6. The molecule has 19 heavy (non-hydrogen) atoms. The average Bonchev–Trinajstić information content (AvgIpc) is 2.37. The molecular weight excluding hydrogens is 230 g/mol. The lowest BCUT2D eigenvalue weighted by molar-refractivity contribution is -0.0803. The second kappa shape index (κ2) is 4.48. The number of nitrogens with two attached hydrogens (primary N) is 1. The topological polar surface area (TPSA) is 26.0 Å². The SMILES string of the molecule is CC1CCC(C(N)C23CC4CC(CC(C4)C2)C3)CC1. The molecule has 5 aliphatic carbocycles. The fourth-order valence-electron chi connectivity index (χ4n) is 6.73. The summed E-state index contributed by atoms with van der Waals surface area (Å²) in [6.45, 7) is 2.42. The zero-order valence-corrected chi connectivity index (χ0v) is 12.6. The molecule has 0 amide bonds. The van der Waals surface area contributed by atoms with E-state index >= 15 is 0 Å². The lowest BCUT2D eigenvalue weighted by Gasteiger charge is -2.60. The molecular formula is C18H31N. The Morgan fingerprint density at radius 3 is 1.79 bits per heavy atom. The lowest BCUT2D eigenvalue weighted by atomic mass is 9.46. The van der Waals surface area contributed by atoms with Crippen LogP contribution in [0.25, 0.3) is 0 Å². The fourth-order valence-corrected chi connectivity index (χ4v) is 6.73. The van der Waals surface area contributed by atoms with Crippen LogP contribution in [-0.4, -0.2) is 6.04 Å². The summed E-state index contributed by atoms with van der Waals surface area (Å²) >= 11 is 0. The molecule has 5 saturated carbocycles. The number of rotatable bonds is 2. The monoisotopic (exact) mass is 261 g/mol. The first-order valence-electron chi connectivity index (χ1n) is 8.90. The van der Waals surface area contributed by atoms with Crippen LogP contribution >= 0.6 is 0 Å². The van der Waals surface area contributed by atoms with Gasteiger partial charge in [0.15, 0.2) is 0 Å². The quantitative estimate of drug-likeness (QED) is 0.785. The maximum absolute atomic E-state index is 6.89. The van der Waals surface area contributed by atoms with Gasteiger partial charge in [0, 0.05) is 6.04 Å². The Morgan fingerprint density at radius 1 is 0.842 bits per heavy atom. The Bertz CT molecular complexity index is 304. The molecule has 2 N–H and O–H groups in total. The highest BCUT2D eigenvalue weighted by Crippen LogP contribution is 2.62. The van der Waals surface area contributed by atoms with Gasteiger partial charge in [-0.05, 0) is 86.4 Å². The van der Waals surface area contributed by atoms with Crippen LogP contribution in [-0.2, 0) is 0 Å². The third-order valence-corrected chi connectivity index (χ3v) is 7.36. The molecule has 0 aromatic rings. The van der Waals surface area contributed by atoms with Crippen molar-refractivity contribution < 1.29 is 0 Å². The minimum atomic E-state index is 0.536. The van der Waals surface area contributed by atoms with Crippen LogP contribution in [0.15, 0.2) is 0 Å². The van der Waals surface area contributed by atoms with Crippen LogP contribution in [0.3, 0.4) is 0 Å². The molecule has 0 aromatic carbocycles. The van der Waals surface area contributed by atoms with Crippen molar-refractivity contribution in [3.8, 4) is 0 Å². The fraction of sp³-hybridized carbons (Fsp3) is 1.00. The summed E-state index contributed by atoms with van der Waals surface area (Å²) in [5, 5.41) is 0. The first-order chi connectivity index (χ1) is 9.14. The van der Waals surface area contributed by atoms with Gasteiger partial charge in [-0.2, -0.15) is 0 Å². The van der Waals surface area contributed by atoms with E-state index in [4.69, 9.17) is 5.73 Å². The smallest absolute Gasteiger partial charge is 0.0124 e. The maximum Gasteiger partial charge on any atom is 0.0124 e. The summed E-state index contributed by atoms with van der Waals surface area (Å²) in [7, 11) is 0. The number of hydrogen-bond acceptors (Lipinski definition) is 1. The molecule has 0 radical (unpaired) electrons. The predicted octanol–water partition coefficient (Wildman–Crippen LogP) is 4.36. The largest absolute Gasteiger partial charge is 0.327 e. The Morgan fingerprint density at radius 2 is 1.32 bits per heavy atom. The third kappa shape index (κ3) is 2.07. The van der Waals surface area contributed by atoms with E-state index in [2.05, 4.69) is 6.92 Å². The molecule has 1 unspecified atom stereocenters. The molecule has 5 rings (SSSR count). The Balaban J connectivity index is 1.51. The molecule has 5 aliphatic rings. The highest BCUT2D eigenvalue weighted by Gasteiger charge is 2.54. The van der Waals surface area contributed by atoms with E-state index in [-0.39, 0.29) is 0 Å². The van der Waals surface area contributed by atoms with Gasteiger partial charge in [0.05, 0.1) is 0 Å². The van der Waals surface area contributed by atoms with Gasteiger partial charge in [-0.25, -0.2) is 0 Å². The van der Waals surface area contributed by atoms with Gasteiger partial charge in [0.1, 0.15) is 0 Å². The molecule has 0 saturated heterocycles. The van der Waals surface area contributed by atoms with Crippen molar-refractivity contribution in [3.05, 3.63) is 0 Å². The van der Waals surface area contributed by atoms with Gasteiger partial charge in [-0.15, -0.1) is 0 Å². The van der Waals surface area contributed by atoms with Gasteiger partial charge < -0.3 is 5.73 Å². The molecule has 0 aliphatic heterocycles. The minimum absolute atomic E-state index is 0.536. The highest BCUT2D eigenvalue weighted by molar-refractivity contribution is 5.07. The van der Waals surface area contributed by atoms with Crippen LogP contribution in [0, 0.1) is 35.0 Å². The van der Waals surface area contributed by atoms with Crippen molar-refractivity contribution >= 4 is 0 Å². The average molecular weight is 261 g/mol. The van der Waals surface area contributed by atoms with Crippen molar-refractivity contribution in [2.75, 3.05) is 0 Å². The van der Waals surface area contributed by atoms with E-state index in [0.717, 1.165) is 29.6 Å². The van der Waals surface area contributed by atoms with E-state index in [1.54, 1.807) is 19.3 Å². The van der Waals surface area contributed by atoms with E-state index < -0.39 is 0 Å². The molecule has 1 atom stereocenters.